The van der Waals surface area contributed by atoms with Gasteiger partial charge in [-0.15, -0.1) is 6.42 Å². The van der Waals surface area contributed by atoms with Gasteiger partial charge in [0.2, 0.25) is 5.88 Å². The molecule has 0 radical (unpaired) electrons. The van der Waals surface area contributed by atoms with Gasteiger partial charge in [0.15, 0.2) is 5.78 Å². The summed E-state index contributed by atoms with van der Waals surface area (Å²) in [5, 5.41) is 0. The van der Waals surface area contributed by atoms with Crippen molar-refractivity contribution >= 4 is 11.5 Å². The first-order chi connectivity index (χ1) is 11.7. The van der Waals surface area contributed by atoms with Crippen molar-refractivity contribution in [2.24, 2.45) is 5.41 Å². The van der Waals surface area contributed by atoms with Crippen LogP contribution in [0.3, 0.4) is 0 Å². The van der Waals surface area contributed by atoms with Crippen molar-refractivity contribution in [3.05, 3.63) is 29.0 Å². The number of fused-ring (bicyclic) bond motifs is 1. The predicted molar refractivity (Wildman–Crippen MR) is 92.3 cm³/mol. The molecule has 2 fully saturated rings. The summed E-state index contributed by atoms with van der Waals surface area (Å²) < 4.78 is 5.28. The third-order valence-electron chi connectivity index (χ3n) is 5.95. The number of carbonyl (C=O) groups is 1. The maximum absolute atomic E-state index is 12.5. The van der Waals surface area contributed by atoms with Gasteiger partial charge in [0.1, 0.15) is 0 Å². The van der Waals surface area contributed by atoms with Gasteiger partial charge in [0, 0.05) is 25.6 Å². The Hall–Kier alpha value is -2.28. The van der Waals surface area contributed by atoms with Crippen molar-refractivity contribution < 1.29 is 9.53 Å². The van der Waals surface area contributed by atoms with Gasteiger partial charge in [-0.05, 0) is 36.7 Å². The highest BCUT2D eigenvalue weighted by molar-refractivity contribution is 6.09. The van der Waals surface area contributed by atoms with Gasteiger partial charge in [-0.2, -0.15) is 0 Å². The van der Waals surface area contributed by atoms with Gasteiger partial charge < -0.3 is 9.64 Å². The average molecular weight is 322 g/mol. The standard InChI is InChI=1S/C20H22N2O2/c1-3-15-16(23)13-14-5-6-17(24-2)21-18(14)19(15)22-11-9-20(10-12-22)7-4-8-20/h1,5-6H,4,7-13H2,2H3. The van der Waals surface area contributed by atoms with Crippen molar-refractivity contribution in [1.82, 2.24) is 9.88 Å². The van der Waals surface area contributed by atoms with E-state index in [1.54, 1.807) is 7.11 Å². The second-order valence-corrected chi connectivity index (χ2v) is 7.17. The summed E-state index contributed by atoms with van der Waals surface area (Å²) in [6, 6.07) is 3.74. The number of piperidine rings is 1. The number of ether oxygens (including phenoxy) is 1. The molecular formula is C20H22N2O2. The zero-order chi connectivity index (χ0) is 16.7. The number of pyridine rings is 1. The molecule has 1 aliphatic heterocycles. The smallest absolute Gasteiger partial charge is 0.213 e. The lowest BCUT2D eigenvalue weighted by Crippen LogP contribution is -2.43. The Kier molecular flexibility index (Phi) is 3.60. The van der Waals surface area contributed by atoms with Gasteiger partial charge in [-0.3, -0.25) is 4.79 Å². The summed E-state index contributed by atoms with van der Waals surface area (Å²) in [6.45, 7) is 1.90. The van der Waals surface area contributed by atoms with Crippen molar-refractivity contribution in [2.45, 2.75) is 38.5 Å². The summed E-state index contributed by atoms with van der Waals surface area (Å²) in [6.07, 6.45) is 12.4. The molecule has 3 aliphatic rings. The van der Waals surface area contributed by atoms with E-state index >= 15 is 0 Å². The molecule has 4 heteroatoms. The van der Waals surface area contributed by atoms with E-state index in [9.17, 15) is 4.79 Å². The van der Waals surface area contributed by atoms with E-state index in [1.165, 1.54) is 32.1 Å². The van der Waals surface area contributed by atoms with E-state index in [2.05, 4.69) is 15.8 Å². The van der Waals surface area contributed by atoms with Crippen LogP contribution in [0, 0.1) is 17.8 Å². The Morgan fingerprint density at radius 1 is 1.25 bits per heavy atom. The highest BCUT2D eigenvalue weighted by Crippen LogP contribution is 2.50. The van der Waals surface area contributed by atoms with Crippen LogP contribution in [-0.4, -0.2) is 35.9 Å². The molecule has 4 nitrogen and oxygen atoms in total. The number of nitrogens with zero attached hydrogens (tertiary/aromatic N) is 2. The summed E-state index contributed by atoms with van der Waals surface area (Å²) in [7, 11) is 1.61. The highest BCUT2D eigenvalue weighted by atomic mass is 16.5. The topological polar surface area (TPSA) is 42.4 Å². The zero-order valence-electron chi connectivity index (χ0n) is 14.1. The lowest BCUT2D eigenvalue weighted by atomic mass is 9.63. The Morgan fingerprint density at radius 3 is 2.58 bits per heavy atom. The second kappa shape index (κ2) is 5.66. The Morgan fingerprint density at radius 2 is 2.00 bits per heavy atom. The largest absolute Gasteiger partial charge is 0.481 e. The molecule has 2 heterocycles. The molecule has 0 amide bonds. The van der Waals surface area contributed by atoms with E-state index < -0.39 is 0 Å². The molecule has 0 N–H and O–H groups in total. The first-order valence-electron chi connectivity index (χ1n) is 8.69. The average Bonchev–Trinajstić information content (AvgIpc) is 2.59. The van der Waals surface area contributed by atoms with Crippen LogP contribution in [0.5, 0.6) is 5.88 Å². The van der Waals surface area contributed by atoms with E-state index in [-0.39, 0.29) is 5.78 Å². The number of ketones is 1. The number of aromatic nitrogens is 1. The minimum Gasteiger partial charge on any atom is -0.481 e. The monoisotopic (exact) mass is 322 g/mol. The Balaban J connectivity index is 1.73. The number of Topliss-reactive ketones (excluding diaryl/α,β-unsaturated/α-hetero) is 1. The highest BCUT2D eigenvalue weighted by Gasteiger charge is 2.41. The van der Waals surface area contributed by atoms with Crippen LogP contribution < -0.4 is 4.74 Å². The third-order valence-corrected chi connectivity index (χ3v) is 5.95. The molecule has 1 aromatic heterocycles. The summed E-state index contributed by atoms with van der Waals surface area (Å²) in [5.74, 6) is 3.22. The quantitative estimate of drug-likeness (QED) is 0.785. The van der Waals surface area contributed by atoms with Crippen LogP contribution >= 0.6 is 0 Å². The van der Waals surface area contributed by atoms with Gasteiger partial charge in [0.05, 0.1) is 24.1 Å². The van der Waals surface area contributed by atoms with Crippen molar-refractivity contribution in [3.63, 3.8) is 0 Å². The molecule has 1 saturated heterocycles. The van der Waals surface area contributed by atoms with Crippen LogP contribution in [0.25, 0.3) is 5.70 Å². The summed E-state index contributed by atoms with van der Waals surface area (Å²) >= 11 is 0. The van der Waals surface area contributed by atoms with Crippen LogP contribution in [0.15, 0.2) is 17.7 Å². The van der Waals surface area contributed by atoms with Crippen LogP contribution in [0.1, 0.15) is 43.4 Å². The minimum absolute atomic E-state index is 0.0240. The van der Waals surface area contributed by atoms with E-state index in [0.717, 1.165) is 30.0 Å². The lowest BCUT2D eigenvalue weighted by molar-refractivity contribution is -0.114. The van der Waals surface area contributed by atoms with Crippen molar-refractivity contribution in [1.29, 1.82) is 0 Å². The number of methoxy groups -OCH3 is 1. The number of allylic oxidation sites excluding steroid dienone is 1. The van der Waals surface area contributed by atoms with Gasteiger partial charge in [-0.25, -0.2) is 4.98 Å². The molecule has 24 heavy (non-hydrogen) atoms. The number of carbonyl (C=O) groups excluding carboxylic acids is 1. The molecule has 4 rings (SSSR count). The predicted octanol–water partition coefficient (Wildman–Crippen LogP) is 2.83. The number of hydrogen-bond donors (Lipinski definition) is 0. The first-order valence-corrected chi connectivity index (χ1v) is 8.69. The number of likely N-dealkylation sites (tertiary alicyclic amines) is 1. The third kappa shape index (κ3) is 2.31. The molecule has 0 atom stereocenters. The number of rotatable bonds is 2. The van der Waals surface area contributed by atoms with E-state index in [1.807, 2.05) is 12.1 Å². The summed E-state index contributed by atoms with van der Waals surface area (Å²) in [5.41, 5.74) is 3.64. The molecule has 0 unspecified atom stereocenters. The summed E-state index contributed by atoms with van der Waals surface area (Å²) in [4.78, 5) is 19.4. The Labute approximate surface area is 142 Å². The molecule has 0 aromatic carbocycles. The first kappa shape index (κ1) is 15.3. The van der Waals surface area contributed by atoms with Gasteiger partial charge >= 0.3 is 0 Å². The normalized spacial score (nSPS) is 22.0. The molecular weight excluding hydrogens is 300 g/mol. The maximum atomic E-state index is 12.5. The fourth-order valence-corrected chi connectivity index (χ4v) is 4.28. The van der Waals surface area contributed by atoms with Crippen LogP contribution in [0.4, 0.5) is 0 Å². The van der Waals surface area contributed by atoms with E-state index in [4.69, 9.17) is 11.2 Å². The lowest BCUT2D eigenvalue weighted by Gasteiger charge is -2.49. The second-order valence-electron chi connectivity index (χ2n) is 7.17. The van der Waals surface area contributed by atoms with Crippen molar-refractivity contribution in [3.8, 4) is 18.2 Å². The molecule has 0 bridgehead atoms. The molecule has 1 spiro atoms. The van der Waals surface area contributed by atoms with Gasteiger partial charge in [0.25, 0.3) is 0 Å². The SMILES string of the molecule is C#CC1=C(N2CCC3(CCC3)CC2)c2nc(OC)ccc2CC1=O. The maximum Gasteiger partial charge on any atom is 0.213 e. The van der Waals surface area contributed by atoms with E-state index in [0.29, 0.717) is 23.3 Å². The fraction of sp³-hybridized carbons (Fsp3) is 0.500. The molecule has 1 saturated carbocycles. The van der Waals surface area contributed by atoms with Gasteiger partial charge in [-0.1, -0.05) is 18.4 Å². The zero-order valence-corrected chi connectivity index (χ0v) is 14.1. The van der Waals surface area contributed by atoms with Crippen LogP contribution in [-0.2, 0) is 11.2 Å². The van der Waals surface area contributed by atoms with Crippen molar-refractivity contribution in [2.75, 3.05) is 20.2 Å². The molecule has 2 aliphatic carbocycles. The fourth-order valence-electron chi connectivity index (χ4n) is 4.28. The Bertz CT molecular complexity index is 758. The number of hydrogen-bond acceptors (Lipinski definition) is 4. The molecule has 124 valence electrons. The molecule has 1 aromatic rings. The van der Waals surface area contributed by atoms with Crippen LogP contribution in [0.2, 0.25) is 0 Å². The number of terminal acetylenes is 1. The minimum atomic E-state index is 0.0240.